The highest BCUT2D eigenvalue weighted by Gasteiger charge is 2.22. The first-order valence-electron chi connectivity index (χ1n) is 7.79. The van der Waals surface area contributed by atoms with E-state index in [0.717, 1.165) is 25.3 Å². The van der Waals surface area contributed by atoms with Crippen molar-refractivity contribution in [1.29, 1.82) is 0 Å². The summed E-state index contributed by atoms with van der Waals surface area (Å²) in [6.07, 6.45) is 0.490. The fourth-order valence-electron chi connectivity index (χ4n) is 2.84. The summed E-state index contributed by atoms with van der Waals surface area (Å²) in [5, 5.41) is 5.51. The molecule has 2 heterocycles. The minimum atomic E-state index is -0.125. The number of benzene rings is 1. The summed E-state index contributed by atoms with van der Waals surface area (Å²) >= 11 is 1.46. The van der Waals surface area contributed by atoms with Crippen molar-refractivity contribution in [1.82, 2.24) is 9.88 Å². The Labute approximate surface area is 140 Å². The number of carbonyl (C=O) groups is 1. The van der Waals surface area contributed by atoms with Crippen molar-refractivity contribution < 1.29 is 9.53 Å². The number of rotatable bonds is 4. The van der Waals surface area contributed by atoms with Gasteiger partial charge < -0.3 is 4.74 Å². The molecule has 0 aliphatic carbocycles. The van der Waals surface area contributed by atoms with Crippen LogP contribution in [0.1, 0.15) is 29.9 Å². The van der Waals surface area contributed by atoms with E-state index in [4.69, 9.17) is 4.74 Å². The molecule has 1 amide bonds. The second kappa shape index (κ2) is 7.21. The lowest BCUT2D eigenvalue weighted by Crippen LogP contribution is -2.44. The molecular weight excluding hydrogens is 310 g/mol. The SMILES string of the molecule is C[C@@H]1CN(Cc2csc(NC(=O)c3ccccc3)n2)C[C@H](C)O1. The van der Waals surface area contributed by atoms with Gasteiger partial charge in [0.05, 0.1) is 17.9 Å². The Morgan fingerprint density at radius 2 is 2.00 bits per heavy atom. The highest BCUT2D eigenvalue weighted by atomic mass is 32.1. The van der Waals surface area contributed by atoms with E-state index >= 15 is 0 Å². The number of amides is 1. The lowest BCUT2D eigenvalue weighted by atomic mass is 10.2. The van der Waals surface area contributed by atoms with Gasteiger partial charge in [0, 0.05) is 30.6 Å². The highest BCUT2D eigenvalue weighted by molar-refractivity contribution is 7.13. The third-order valence-electron chi connectivity index (χ3n) is 3.69. The van der Waals surface area contributed by atoms with Gasteiger partial charge in [-0.3, -0.25) is 15.0 Å². The third-order valence-corrected chi connectivity index (χ3v) is 4.50. The first kappa shape index (κ1) is 16.1. The zero-order valence-corrected chi connectivity index (χ0v) is 14.2. The normalized spacial score (nSPS) is 22.0. The van der Waals surface area contributed by atoms with Crippen molar-refractivity contribution in [2.75, 3.05) is 18.4 Å². The van der Waals surface area contributed by atoms with Crippen LogP contribution < -0.4 is 5.32 Å². The standard InChI is InChI=1S/C17H21N3O2S/c1-12-8-20(9-13(2)22-12)10-15-11-23-17(18-15)19-16(21)14-6-4-3-5-7-14/h3-7,11-13H,8-10H2,1-2H3,(H,18,19,21)/t12-,13+. The minimum Gasteiger partial charge on any atom is -0.373 e. The molecule has 5 nitrogen and oxygen atoms in total. The molecule has 0 bridgehead atoms. The smallest absolute Gasteiger partial charge is 0.257 e. The van der Waals surface area contributed by atoms with Gasteiger partial charge in [-0.2, -0.15) is 0 Å². The van der Waals surface area contributed by atoms with Crippen molar-refractivity contribution in [3.8, 4) is 0 Å². The maximum absolute atomic E-state index is 12.1. The molecule has 1 fully saturated rings. The maximum Gasteiger partial charge on any atom is 0.257 e. The van der Waals surface area contributed by atoms with Gasteiger partial charge in [-0.05, 0) is 26.0 Å². The maximum atomic E-state index is 12.1. The lowest BCUT2D eigenvalue weighted by Gasteiger charge is -2.34. The quantitative estimate of drug-likeness (QED) is 0.936. The molecule has 1 aromatic heterocycles. The summed E-state index contributed by atoms with van der Waals surface area (Å²) in [4.78, 5) is 19.0. The molecule has 3 rings (SSSR count). The number of anilines is 1. The molecule has 1 N–H and O–H groups in total. The summed E-state index contributed by atoms with van der Waals surface area (Å²) in [5.41, 5.74) is 1.62. The van der Waals surface area contributed by atoms with E-state index < -0.39 is 0 Å². The predicted octanol–water partition coefficient (Wildman–Crippen LogP) is 3.00. The van der Waals surface area contributed by atoms with E-state index in [-0.39, 0.29) is 18.1 Å². The summed E-state index contributed by atoms with van der Waals surface area (Å²) in [5.74, 6) is -0.125. The van der Waals surface area contributed by atoms with E-state index in [9.17, 15) is 4.79 Å². The average Bonchev–Trinajstić information content (AvgIpc) is 2.94. The van der Waals surface area contributed by atoms with Crippen molar-refractivity contribution in [2.24, 2.45) is 0 Å². The van der Waals surface area contributed by atoms with Gasteiger partial charge in [0.2, 0.25) is 0 Å². The minimum absolute atomic E-state index is 0.125. The van der Waals surface area contributed by atoms with Crippen LogP contribution in [0, 0.1) is 0 Å². The van der Waals surface area contributed by atoms with Crippen LogP contribution in [-0.2, 0) is 11.3 Å². The summed E-state index contributed by atoms with van der Waals surface area (Å²) < 4.78 is 5.74. The van der Waals surface area contributed by atoms with Gasteiger partial charge in [-0.25, -0.2) is 4.98 Å². The Bertz CT molecular complexity index is 649. The molecule has 0 spiro atoms. The number of hydrogen-bond donors (Lipinski definition) is 1. The first-order valence-corrected chi connectivity index (χ1v) is 8.67. The Morgan fingerprint density at radius 1 is 1.30 bits per heavy atom. The Kier molecular flexibility index (Phi) is 5.05. The number of morpholine rings is 1. The Hall–Kier alpha value is -1.76. The second-order valence-corrected chi connectivity index (χ2v) is 6.77. The average molecular weight is 331 g/mol. The number of nitrogens with one attached hydrogen (secondary N) is 1. The summed E-state index contributed by atoms with van der Waals surface area (Å²) in [7, 11) is 0. The largest absolute Gasteiger partial charge is 0.373 e. The van der Waals surface area contributed by atoms with Gasteiger partial charge in [-0.15, -0.1) is 11.3 Å². The fourth-order valence-corrected chi connectivity index (χ4v) is 3.53. The van der Waals surface area contributed by atoms with Crippen molar-refractivity contribution in [2.45, 2.75) is 32.6 Å². The molecule has 0 saturated carbocycles. The van der Waals surface area contributed by atoms with Crippen molar-refractivity contribution >= 4 is 22.4 Å². The van der Waals surface area contributed by atoms with Crippen molar-refractivity contribution in [3.05, 3.63) is 47.0 Å². The van der Waals surface area contributed by atoms with Crippen LogP contribution in [0.2, 0.25) is 0 Å². The van der Waals surface area contributed by atoms with Gasteiger partial charge in [0.15, 0.2) is 5.13 Å². The molecule has 23 heavy (non-hydrogen) atoms. The van der Waals surface area contributed by atoms with Crippen LogP contribution in [-0.4, -0.2) is 41.1 Å². The molecule has 6 heteroatoms. The van der Waals surface area contributed by atoms with Gasteiger partial charge >= 0.3 is 0 Å². The van der Waals surface area contributed by atoms with Crippen LogP contribution in [0.5, 0.6) is 0 Å². The zero-order chi connectivity index (χ0) is 16.2. The first-order chi connectivity index (χ1) is 11.1. The highest BCUT2D eigenvalue weighted by Crippen LogP contribution is 2.19. The van der Waals surface area contributed by atoms with Crippen LogP contribution in [0.15, 0.2) is 35.7 Å². The number of ether oxygens (including phenoxy) is 1. The molecule has 1 aromatic carbocycles. The molecule has 122 valence electrons. The Morgan fingerprint density at radius 3 is 2.70 bits per heavy atom. The van der Waals surface area contributed by atoms with Gasteiger partial charge in [0.1, 0.15) is 0 Å². The van der Waals surface area contributed by atoms with E-state index in [1.54, 1.807) is 12.1 Å². The monoisotopic (exact) mass is 331 g/mol. The number of carbonyl (C=O) groups excluding carboxylic acids is 1. The van der Waals surface area contributed by atoms with Crippen LogP contribution in [0.3, 0.4) is 0 Å². The molecular formula is C17H21N3O2S. The van der Waals surface area contributed by atoms with E-state index in [1.165, 1.54) is 11.3 Å². The number of thiazole rings is 1. The fraction of sp³-hybridized carbons (Fsp3) is 0.412. The topological polar surface area (TPSA) is 54.5 Å². The van der Waals surface area contributed by atoms with E-state index in [2.05, 4.69) is 29.0 Å². The van der Waals surface area contributed by atoms with Gasteiger partial charge in [-0.1, -0.05) is 18.2 Å². The molecule has 1 saturated heterocycles. The molecule has 1 aliphatic rings. The molecule has 2 atom stereocenters. The number of nitrogens with zero attached hydrogens (tertiary/aromatic N) is 2. The molecule has 1 aliphatic heterocycles. The van der Waals surface area contributed by atoms with Crippen LogP contribution >= 0.6 is 11.3 Å². The van der Waals surface area contributed by atoms with Gasteiger partial charge in [0.25, 0.3) is 5.91 Å². The zero-order valence-electron chi connectivity index (χ0n) is 13.4. The third kappa shape index (κ3) is 4.37. The van der Waals surface area contributed by atoms with Crippen molar-refractivity contribution in [3.63, 3.8) is 0 Å². The lowest BCUT2D eigenvalue weighted by molar-refractivity contribution is -0.0707. The van der Waals surface area contributed by atoms with Crippen LogP contribution in [0.25, 0.3) is 0 Å². The summed E-state index contributed by atoms with van der Waals surface area (Å²) in [6.45, 7) is 6.79. The predicted molar refractivity (Wildman–Crippen MR) is 91.8 cm³/mol. The molecule has 2 aromatic rings. The molecule has 0 unspecified atom stereocenters. The second-order valence-electron chi connectivity index (χ2n) is 5.92. The van der Waals surface area contributed by atoms with Crippen LogP contribution in [0.4, 0.5) is 5.13 Å². The number of hydrogen-bond acceptors (Lipinski definition) is 5. The van der Waals surface area contributed by atoms with E-state index in [1.807, 2.05) is 23.6 Å². The summed E-state index contributed by atoms with van der Waals surface area (Å²) in [6, 6.07) is 9.18. The Balaban J connectivity index is 1.59. The molecule has 0 radical (unpaired) electrons. The van der Waals surface area contributed by atoms with E-state index in [0.29, 0.717) is 10.7 Å². The number of aromatic nitrogens is 1.